The van der Waals surface area contributed by atoms with Crippen molar-refractivity contribution in [3.63, 3.8) is 0 Å². The summed E-state index contributed by atoms with van der Waals surface area (Å²) in [5.74, 6) is -16.2. The fraction of sp³-hybridized carbons (Fsp3) is 1.00. The number of aliphatic hydroxyl groups is 1. The van der Waals surface area contributed by atoms with Crippen LogP contribution < -0.4 is 0 Å². The summed E-state index contributed by atoms with van der Waals surface area (Å²) in [4.78, 5) is 0. The minimum absolute atomic E-state index is 1.11. The molecule has 1 N–H and O–H groups in total. The Morgan fingerprint density at radius 3 is 0.926 bits per heavy atom. The molecule has 0 fully saturated rings. The molecular formula is C8HF17O2. The molecule has 0 rings (SSSR count). The van der Waals surface area contributed by atoms with Gasteiger partial charge < -0.3 is 5.11 Å². The minimum Gasteiger partial charge on any atom is -0.369 e. The molecule has 0 aromatic heterocycles. The third-order valence-electron chi connectivity index (χ3n) is 2.64. The van der Waals surface area contributed by atoms with E-state index < -0.39 is 48.2 Å². The summed E-state index contributed by atoms with van der Waals surface area (Å²) in [6.07, 6.45) is -39.6. The van der Waals surface area contributed by atoms with Crippen molar-refractivity contribution >= 4 is 0 Å². The zero-order valence-corrected chi connectivity index (χ0v) is 11.3. The quantitative estimate of drug-likeness (QED) is 0.617. The van der Waals surface area contributed by atoms with E-state index in [9.17, 15) is 74.6 Å². The third kappa shape index (κ3) is 3.70. The van der Waals surface area contributed by atoms with Crippen LogP contribution in [-0.4, -0.2) is 53.3 Å². The zero-order chi connectivity index (χ0) is 22.7. The molecular weight excluding hydrogens is 451 g/mol. The first-order valence-corrected chi connectivity index (χ1v) is 5.34. The number of hydrogen-bond acceptors (Lipinski definition) is 2. The van der Waals surface area contributed by atoms with E-state index in [1.54, 1.807) is 0 Å². The number of ether oxygens (including phenoxy) is 1. The van der Waals surface area contributed by atoms with Gasteiger partial charge in [-0.25, -0.2) is 0 Å². The lowest BCUT2D eigenvalue weighted by Crippen LogP contribution is -2.76. The standard InChI is InChI=1S/C8HF17O2/c9-2(10,6(18,19)20)8(24,25)27-3(11,7(21,22)23)1(26,4(12,13)14)5(15,16)17/h26H. The lowest BCUT2D eigenvalue weighted by Gasteiger charge is -2.44. The van der Waals surface area contributed by atoms with E-state index in [0.717, 1.165) is 4.74 Å². The van der Waals surface area contributed by atoms with Crippen LogP contribution in [0.5, 0.6) is 0 Å². The van der Waals surface area contributed by atoms with Crippen LogP contribution in [0.2, 0.25) is 0 Å². The number of alkyl halides is 17. The molecule has 0 heterocycles. The monoisotopic (exact) mass is 452 g/mol. The number of hydrogen-bond donors (Lipinski definition) is 1. The Bertz CT molecular complexity index is 521. The van der Waals surface area contributed by atoms with Gasteiger partial charge in [0.2, 0.25) is 0 Å². The molecule has 164 valence electrons. The lowest BCUT2D eigenvalue weighted by atomic mass is 9.91. The number of rotatable bonds is 4. The summed E-state index contributed by atoms with van der Waals surface area (Å²) < 4.78 is 211. The fourth-order valence-electron chi connectivity index (χ4n) is 1.27. The van der Waals surface area contributed by atoms with Crippen LogP contribution in [0, 0.1) is 0 Å². The molecule has 0 amide bonds. The Morgan fingerprint density at radius 1 is 0.444 bits per heavy atom. The van der Waals surface area contributed by atoms with E-state index in [1.165, 1.54) is 0 Å². The first-order valence-electron chi connectivity index (χ1n) is 5.34. The van der Waals surface area contributed by atoms with Gasteiger partial charge in [0.1, 0.15) is 0 Å². The predicted octanol–water partition coefficient (Wildman–Crippen LogP) is 4.88. The van der Waals surface area contributed by atoms with Crippen LogP contribution in [0.3, 0.4) is 0 Å². The molecule has 0 saturated carbocycles. The molecule has 19 heteroatoms. The second-order valence-corrected chi connectivity index (χ2v) is 4.49. The van der Waals surface area contributed by atoms with Crippen molar-refractivity contribution < 1.29 is 84.5 Å². The van der Waals surface area contributed by atoms with Crippen molar-refractivity contribution in [3.05, 3.63) is 0 Å². The van der Waals surface area contributed by atoms with E-state index in [0.29, 0.717) is 0 Å². The molecule has 0 aromatic carbocycles. The molecule has 0 aromatic rings. The average molecular weight is 452 g/mol. The van der Waals surface area contributed by atoms with Crippen LogP contribution >= 0.6 is 0 Å². The highest BCUT2D eigenvalue weighted by Crippen LogP contribution is 2.60. The van der Waals surface area contributed by atoms with Gasteiger partial charge in [-0.3, -0.25) is 4.74 Å². The van der Waals surface area contributed by atoms with Crippen molar-refractivity contribution in [2.45, 2.75) is 48.2 Å². The third-order valence-corrected chi connectivity index (χ3v) is 2.64. The van der Waals surface area contributed by atoms with Crippen molar-refractivity contribution in [2.24, 2.45) is 0 Å². The van der Waals surface area contributed by atoms with Crippen LogP contribution in [0.15, 0.2) is 0 Å². The molecule has 0 aliphatic heterocycles. The first-order chi connectivity index (χ1) is 11.2. The highest BCUT2D eigenvalue weighted by molar-refractivity contribution is 5.10. The highest BCUT2D eigenvalue weighted by atomic mass is 19.4. The molecule has 0 bridgehead atoms. The Balaban J connectivity index is 6.87. The zero-order valence-electron chi connectivity index (χ0n) is 11.3. The fourth-order valence-corrected chi connectivity index (χ4v) is 1.27. The maximum Gasteiger partial charge on any atom is 0.462 e. The molecule has 0 spiro atoms. The van der Waals surface area contributed by atoms with Gasteiger partial charge in [-0.05, 0) is 0 Å². The summed E-state index contributed by atoms with van der Waals surface area (Å²) >= 11 is 0. The highest BCUT2D eigenvalue weighted by Gasteiger charge is 2.92. The van der Waals surface area contributed by atoms with Gasteiger partial charge in [0.05, 0.1) is 0 Å². The Kier molecular flexibility index (Phi) is 5.83. The van der Waals surface area contributed by atoms with Crippen molar-refractivity contribution in [3.8, 4) is 0 Å². The maximum absolute atomic E-state index is 13.5. The normalized spacial score (nSPS) is 18.4. The smallest absolute Gasteiger partial charge is 0.369 e. The molecule has 1 unspecified atom stereocenters. The Hall–Kier alpha value is -1.27. The van der Waals surface area contributed by atoms with E-state index in [4.69, 9.17) is 5.11 Å². The molecule has 0 radical (unpaired) electrons. The van der Waals surface area contributed by atoms with Crippen LogP contribution in [-0.2, 0) is 4.74 Å². The van der Waals surface area contributed by atoms with Gasteiger partial charge in [0.15, 0.2) is 0 Å². The van der Waals surface area contributed by atoms with Gasteiger partial charge in [-0.1, -0.05) is 0 Å². The summed E-state index contributed by atoms with van der Waals surface area (Å²) in [5, 5.41) is 8.24. The average Bonchev–Trinajstić information content (AvgIpc) is 2.30. The number of halogens is 17. The van der Waals surface area contributed by atoms with Gasteiger partial charge in [-0.2, -0.15) is 74.6 Å². The molecule has 0 aliphatic carbocycles. The van der Waals surface area contributed by atoms with E-state index >= 15 is 0 Å². The minimum atomic E-state index is -8.26. The SMILES string of the molecule is OC(C(F)(F)F)(C(F)(F)F)C(F)(OC(F)(F)C(F)(F)C(F)(F)F)C(F)(F)F. The second kappa shape index (κ2) is 6.11. The lowest BCUT2D eigenvalue weighted by molar-refractivity contribution is -0.542. The molecule has 27 heavy (non-hydrogen) atoms. The summed E-state index contributed by atoms with van der Waals surface area (Å²) in [5.41, 5.74) is -8.03. The van der Waals surface area contributed by atoms with Gasteiger partial charge in [0, 0.05) is 0 Å². The van der Waals surface area contributed by atoms with Crippen LogP contribution in [0.4, 0.5) is 74.6 Å². The topological polar surface area (TPSA) is 29.5 Å². The Morgan fingerprint density at radius 2 is 0.741 bits per heavy atom. The van der Waals surface area contributed by atoms with Crippen LogP contribution in [0.1, 0.15) is 0 Å². The van der Waals surface area contributed by atoms with Crippen LogP contribution in [0.25, 0.3) is 0 Å². The molecule has 0 saturated heterocycles. The van der Waals surface area contributed by atoms with E-state index in [2.05, 4.69) is 0 Å². The van der Waals surface area contributed by atoms with E-state index in [1.807, 2.05) is 0 Å². The van der Waals surface area contributed by atoms with Gasteiger partial charge in [0.25, 0.3) is 0 Å². The maximum atomic E-state index is 13.5. The summed E-state index contributed by atoms with van der Waals surface area (Å²) in [6, 6.07) is 0. The largest absolute Gasteiger partial charge is 0.462 e. The second-order valence-electron chi connectivity index (χ2n) is 4.49. The van der Waals surface area contributed by atoms with Crippen molar-refractivity contribution in [1.29, 1.82) is 0 Å². The first kappa shape index (κ1) is 25.7. The summed E-state index contributed by atoms with van der Waals surface area (Å²) in [7, 11) is 0. The summed E-state index contributed by atoms with van der Waals surface area (Å²) in [6.45, 7) is 0. The molecule has 1 atom stereocenters. The predicted molar refractivity (Wildman–Crippen MR) is 44.0 cm³/mol. The molecule has 0 aliphatic rings. The molecule has 2 nitrogen and oxygen atoms in total. The van der Waals surface area contributed by atoms with Gasteiger partial charge >= 0.3 is 48.2 Å². The van der Waals surface area contributed by atoms with Crippen molar-refractivity contribution in [1.82, 2.24) is 0 Å². The van der Waals surface area contributed by atoms with Gasteiger partial charge in [-0.15, -0.1) is 0 Å². The Labute approximate surface area is 134 Å². The van der Waals surface area contributed by atoms with Crippen molar-refractivity contribution in [2.75, 3.05) is 0 Å². The van der Waals surface area contributed by atoms with E-state index in [-0.39, 0.29) is 0 Å².